The average Bonchev–Trinajstić information content (AvgIpc) is 1.41. The predicted molar refractivity (Wildman–Crippen MR) is 306 cm³/mol. The molecule has 0 amide bonds. The van der Waals surface area contributed by atoms with Gasteiger partial charge in [0.15, 0.2) is 43.5 Å². The predicted octanol–water partition coefficient (Wildman–Crippen LogP) is -4.51. The lowest BCUT2D eigenvalue weighted by Gasteiger charge is -2.63. The molecule has 11 rings (SSSR count). The first kappa shape index (κ1) is 71.5. The molecule has 30 nitrogen and oxygen atoms in total. The van der Waals surface area contributed by atoms with Crippen LogP contribution >= 0.6 is 0 Å². The highest BCUT2D eigenvalue weighted by molar-refractivity contribution is 5.83. The van der Waals surface area contributed by atoms with Crippen molar-refractivity contribution in [2.24, 2.45) is 33.5 Å². The van der Waals surface area contributed by atoms with Gasteiger partial charge in [-0.15, -0.1) is 0 Å². The third kappa shape index (κ3) is 11.8. The molecule has 0 unspecified atom stereocenters. The van der Waals surface area contributed by atoms with Crippen molar-refractivity contribution in [1.29, 1.82) is 0 Å². The van der Waals surface area contributed by atoms with E-state index in [2.05, 4.69) is 27.7 Å². The third-order valence-corrected chi connectivity index (χ3v) is 24.0. The minimum atomic E-state index is -2.03. The molecule has 0 bridgehead atoms. The lowest BCUT2D eigenvalue weighted by atomic mass is 9.42. The average molecular weight is 1330 g/mol. The second kappa shape index (κ2) is 27.4. The number of hydrogen-bond acceptors (Lipinski definition) is 30. The van der Waals surface area contributed by atoms with Crippen LogP contribution in [-0.4, -0.2) is 311 Å². The molecule has 1 spiro atoms. The van der Waals surface area contributed by atoms with Gasteiger partial charge in [-0.1, -0.05) is 52.7 Å². The van der Waals surface area contributed by atoms with E-state index in [-0.39, 0.29) is 40.5 Å². The van der Waals surface area contributed by atoms with Gasteiger partial charge in [-0.2, -0.15) is 0 Å². The van der Waals surface area contributed by atoms with Crippen LogP contribution in [0.2, 0.25) is 0 Å². The summed E-state index contributed by atoms with van der Waals surface area (Å²) in [7, 11) is 0. The Kier molecular flexibility index (Phi) is 21.3. The molecule has 528 valence electrons. The summed E-state index contributed by atoms with van der Waals surface area (Å²) in [5, 5.41) is 176. The van der Waals surface area contributed by atoms with Crippen LogP contribution in [-0.2, 0) is 66.4 Å². The standard InChI is InChI=1S/C62H100O30/c1-8-28(67)30-17-24(2)62(92-30)16-15-60(6)27-9-10-35-58(4,26(27)11-14-61(60,62)7)13-12-36(59(35,5)23-66)87-54-47(79)44(76)39(71)34(86-54)22-81-55-49(41(73)32(19-64)83-55)90-57-51(91-53-46(78)43(75)37(69)25(3)82-53)48(40(72)31(18-63)85-57)88-56-50(42(74)33(20-65)84-56)89-52-45(77)38(70)29(68)21-80-52/h24-25,29-57,63-66,68-79H,8-23H2,1-7H3/t24-,25+,29-,30+,31-,32-,33-,34-,35-,36+,37+,38+,39-,40-,41-,42-,43-,44+,45-,46-,47-,48+,49+,50+,51-,52+,53+,54+,55-,56+,57+,58-,59-,60+,61+,62+/m1/s1. The number of ketones is 1. The van der Waals surface area contributed by atoms with Gasteiger partial charge in [0, 0.05) is 17.3 Å². The number of allylic oxidation sites excluding steroid dienone is 2. The molecule has 9 fully saturated rings. The van der Waals surface area contributed by atoms with E-state index in [0.29, 0.717) is 19.3 Å². The molecule has 30 heteroatoms. The Morgan fingerprint density at radius 1 is 0.522 bits per heavy atom. The van der Waals surface area contributed by atoms with Crippen molar-refractivity contribution in [3.8, 4) is 0 Å². The summed E-state index contributed by atoms with van der Waals surface area (Å²) >= 11 is 0. The molecule has 0 aromatic rings. The second-order valence-corrected chi connectivity index (χ2v) is 28.7. The molecular weight excluding hydrogens is 1220 g/mol. The summed E-state index contributed by atoms with van der Waals surface area (Å²) in [6, 6.07) is 0. The summed E-state index contributed by atoms with van der Waals surface area (Å²) in [6.45, 7) is 10.3. The van der Waals surface area contributed by atoms with Crippen molar-refractivity contribution >= 4 is 5.78 Å². The summed E-state index contributed by atoms with van der Waals surface area (Å²) in [4.78, 5) is 13.1. The summed E-state index contributed by atoms with van der Waals surface area (Å²) in [6.07, 6.45) is -41.4. The molecule has 0 aromatic carbocycles. The van der Waals surface area contributed by atoms with Gasteiger partial charge in [-0.25, -0.2) is 0 Å². The number of aliphatic hydroxyl groups excluding tert-OH is 16. The van der Waals surface area contributed by atoms with E-state index < -0.39 is 222 Å². The van der Waals surface area contributed by atoms with Gasteiger partial charge < -0.3 is 143 Å². The monoisotopic (exact) mass is 1320 g/mol. The normalized spacial score (nSPS) is 54.6. The van der Waals surface area contributed by atoms with Gasteiger partial charge in [0.25, 0.3) is 0 Å². The zero-order valence-electron chi connectivity index (χ0n) is 53.1. The van der Waals surface area contributed by atoms with Crippen molar-refractivity contribution in [2.45, 2.75) is 296 Å². The molecule has 7 aliphatic heterocycles. The minimum absolute atomic E-state index is 0.0942. The largest absolute Gasteiger partial charge is 0.396 e. The number of carbonyl (C=O) groups is 1. The molecule has 7 saturated heterocycles. The van der Waals surface area contributed by atoms with Crippen LogP contribution in [0.1, 0.15) is 113 Å². The van der Waals surface area contributed by atoms with E-state index in [9.17, 15) is 86.5 Å². The zero-order chi connectivity index (χ0) is 66.6. The molecule has 16 N–H and O–H groups in total. The summed E-state index contributed by atoms with van der Waals surface area (Å²) in [5.41, 5.74) is 0.791. The van der Waals surface area contributed by atoms with Crippen LogP contribution in [0, 0.1) is 33.5 Å². The Labute approximate surface area is 533 Å². The van der Waals surface area contributed by atoms with Crippen molar-refractivity contribution < 1.29 is 148 Å². The fraction of sp³-hybridized carbons (Fsp3) is 0.952. The second-order valence-electron chi connectivity index (χ2n) is 28.7. The smallest absolute Gasteiger partial charge is 0.187 e. The van der Waals surface area contributed by atoms with E-state index in [4.69, 9.17) is 61.6 Å². The van der Waals surface area contributed by atoms with Gasteiger partial charge in [0.2, 0.25) is 0 Å². The van der Waals surface area contributed by atoms with Crippen LogP contribution < -0.4 is 0 Å². The molecule has 92 heavy (non-hydrogen) atoms. The molecule has 0 radical (unpaired) electrons. The fourth-order valence-corrected chi connectivity index (χ4v) is 18.2. The summed E-state index contributed by atoms with van der Waals surface area (Å²) in [5.74, 6) is 0.263. The number of ether oxygens (including phenoxy) is 13. The van der Waals surface area contributed by atoms with Gasteiger partial charge >= 0.3 is 0 Å². The SMILES string of the molecule is CCC(=O)[C@@H]1C[C@@H](C)[C@]2(CC[C@@]3(C)C4=C(CC[C@@]32C)[C@@]2(C)CC[C@H](O[C@@H]3O[C@H](CO[C@@H]5O[C@H](CO)[C@@H](O)[C@@H]5O[C@@H]5O[C@H](CO)[C@@H](O)[C@H](O[C@@H]6O[C@H](CO)[C@@H](O)[C@@H]6O[C@@H]6OC[C@@H](O)[C@H](O)[C@H]6O)[C@H]5O[C@@H]5O[C@@H](C)[C@H](O)[C@@H](O)[C@H]5O)[C@@H](O)[C@H](O)[C@H]3O)[C@](C)(CO)[C@@H]2CC4)O1. The van der Waals surface area contributed by atoms with E-state index >= 15 is 0 Å². The number of Topliss-reactive ketones (excluding diaryl/α,β-unsaturated/α-hetero) is 1. The van der Waals surface area contributed by atoms with Crippen LogP contribution in [0.4, 0.5) is 0 Å². The minimum Gasteiger partial charge on any atom is -0.396 e. The van der Waals surface area contributed by atoms with Crippen LogP contribution in [0.25, 0.3) is 0 Å². The lowest BCUT2D eigenvalue weighted by molar-refractivity contribution is -0.390. The number of fused-ring (bicyclic) bond motifs is 5. The van der Waals surface area contributed by atoms with Gasteiger partial charge in [-0.3, -0.25) is 4.79 Å². The van der Waals surface area contributed by atoms with E-state index in [1.165, 1.54) is 18.1 Å². The Morgan fingerprint density at radius 2 is 1.07 bits per heavy atom. The Morgan fingerprint density at radius 3 is 1.70 bits per heavy atom. The highest BCUT2D eigenvalue weighted by Gasteiger charge is 2.72. The van der Waals surface area contributed by atoms with Crippen LogP contribution in [0.5, 0.6) is 0 Å². The van der Waals surface area contributed by atoms with Gasteiger partial charge in [0.05, 0.1) is 57.5 Å². The Bertz CT molecular complexity index is 2570. The van der Waals surface area contributed by atoms with Gasteiger partial charge in [-0.05, 0) is 87.4 Å². The van der Waals surface area contributed by atoms with Gasteiger partial charge in [0.1, 0.15) is 128 Å². The maximum atomic E-state index is 13.1. The first-order chi connectivity index (χ1) is 43.5. The van der Waals surface area contributed by atoms with Crippen molar-refractivity contribution in [2.75, 3.05) is 39.6 Å². The number of rotatable bonds is 19. The van der Waals surface area contributed by atoms with Crippen LogP contribution in [0.3, 0.4) is 0 Å². The molecule has 11 aliphatic rings. The highest BCUT2D eigenvalue weighted by atomic mass is 16.8. The van der Waals surface area contributed by atoms with E-state index in [1.54, 1.807) is 0 Å². The quantitative estimate of drug-likeness (QED) is 0.0542. The van der Waals surface area contributed by atoms with Crippen molar-refractivity contribution in [1.82, 2.24) is 0 Å². The number of hydrogen-bond donors (Lipinski definition) is 16. The Balaban J connectivity index is 0.810. The molecule has 36 atom stereocenters. The van der Waals surface area contributed by atoms with Crippen molar-refractivity contribution in [3.63, 3.8) is 0 Å². The number of aliphatic hydroxyl groups is 16. The maximum Gasteiger partial charge on any atom is 0.187 e. The first-order valence-corrected chi connectivity index (χ1v) is 32.8. The maximum absolute atomic E-state index is 13.1. The fourth-order valence-electron chi connectivity index (χ4n) is 18.2. The topological polar surface area (TPSA) is 461 Å². The zero-order valence-corrected chi connectivity index (χ0v) is 53.1. The molecule has 0 aromatic heterocycles. The Hall–Kier alpha value is -1.75. The van der Waals surface area contributed by atoms with E-state index in [0.717, 1.165) is 44.9 Å². The molecule has 7 heterocycles. The third-order valence-electron chi connectivity index (χ3n) is 24.0. The highest BCUT2D eigenvalue weighted by Crippen LogP contribution is 2.75. The summed E-state index contributed by atoms with van der Waals surface area (Å²) < 4.78 is 79.7. The van der Waals surface area contributed by atoms with E-state index in [1.807, 2.05) is 13.8 Å². The lowest BCUT2D eigenvalue weighted by Crippen LogP contribution is -2.66. The molecular formula is C62H100O30. The first-order valence-electron chi connectivity index (χ1n) is 32.8. The number of carbonyl (C=O) groups excluding carboxylic acids is 1. The molecule has 2 saturated carbocycles. The van der Waals surface area contributed by atoms with Crippen molar-refractivity contribution in [3.05, 3.63) is 11.1 Å². The van der Waals surface area contributed by atoms with Crippen LogP contribution in [0.15, 0.2) is 11.1 Å². The molecule has 4 aliphatic carbocycles.